The van der Waals surface area contributed by atoms with E-state index in [1.165, 1.54) is 11.3 Å². The summed E-state index contributed by atoms with van der Waals surface area (Å²) in [5, 5.41) is 2.92. The first-order valence-corrected chi connectivity index (χ1v) is 6.78. The number of hydrogen-bond donors (Lipinski definition) is 1. The van der Waals surface area contributed by atoms with Gasteiger partial charge >= 0.3 is 0 Å². The van der Waals surface area contributed by atoms with Gasteiger partial charge in [-0.15, -0.1) is 0 Å². The molecule has 2 aromatic rings. The van der Waals surface area contributed by atoms with Crippen LogP contribution < -0.4 is 5.32 Å². The molecule has 0 aliphatic carbocycles. The van der Waals surface area contributed by atoms with Gasteiger partial charge in [-0.3, -0.25) is 10.1 Å². The van der Waals surface area contributed by atoms with Crippen molar-refractivity contribution in [2.75, 3.05) is 11.9 Å². The van der Waals surface area contributed by atoms with Gasteiger partial charge in [-0.2, -0.15) is 0 Å². The van der Waals surface area contributed by atoms with E-state index in [0.29, 0.717) is 30.8 Å². The summed E-state index contributed by atoms with van der Waals surface area (Å²) < 4.78 is 31.6. The van der Waals surface area contributed by atoms with Crippen LogP contribution in [0.25, 0.3) is 0 Å². The zero-order valence-electron chi connectivity index (χ0n) is 10.3. The minimum absolute atomic E-state index is 0.212. The Morgan fingerprint density at radius 3 is 3.00 bits per heavy atom. The molecule has 0 unspecified atom stereocenters. The minimum atomic E-state index is -0.896. The predicted molar refractivity (Wildman–Crippen MR) is 69.8 cm³/mol. The number of aromatic nitrogens is 1. The Morgan fingerprint density at radius 2 is 2.25 bits per heavy atom. The lowest BCUT2D eigenvalue weighted by Crippen LogP contribution is -2.14. The smallest absolute Gasteiger partial charge is 0.260 e. The van der Waals surface area contributed by atoms with Gasteiger partial charge in [0.15, 0.2) is 5.13 Å². The van der Waals surface area contributed by atoms with Crippen molar-refractivity contribution in [3.8, 4) is 0 Å². The Morgan fingerprint density at radius 1 is 1.40 bits per heavy atom. The molecule has 4 nitrogen and oxygen atoms in total. The number of hydrogen-bond acceptors (Lipinski definition) is 4. The summed E-state index contributed by atoms with van der Waals surface area (Å²) >= 11 is 1.30. The third-order valence-corrected chi connectivity index (χ3v) is 3.88. The topological polar surface area (TPSA) is 51.2 Å². The Balaban J connectivity index is 1.80. The van der Waals surface area contributed by atoms with Crippen molar-refractivity contribution in [2.45, 2.75) is 13.0 Å². The standard InChI is InChI=1S/C13H10F2N2O2S/c14-7-1-2-8(9(15)5-7)12(18)17-13-16-10-3-4-19-6-11(10)20-13/h1-2,5H,3-4,6H2,(H,16,17,18). The number of amides is 1. The zero-order chi connectivity index (χ0) is 14.1. The number of nitrogens with zero attached hydrogens (tertiary/aromatic N) is 1. The van der Waals surface area contributed by atoms with Crippen LogP contribution in [0.15, 0.2) is 18.2 Å². The summed E-state index contributed by atoms with van der Waals surface area (Å²) in [5.74, 6) is -2.26. The van der Waals surface area contributed by atoms with E-state index in [9.17, 15) is 13.6 Å². The lowest BCUT2D eigenvalue weighted by atomic mass is 10.2. The van der Waals surface area contributed by atoms with Gasteiger partial charge in [-0.25, -0.2) is 13.8 Å². The molecular formula is C13H10F2N2O2S. The zero-order valence-corrected chi connectivity index (χ0v) is 11.1. The van der Waals surface area contributed by atoms with Gasteiger partial charge in [-0.1, -0.05) is 11.3 Å². The van der Waals surface area contributed by atoms with Crippen LogP contribution in [0.1, 0.15) is 20.9 Å². The van der Waals surface area contributed by atoms with E-state index < -0.39 is 17.5 Å². The number of benzene rings is 1. The Bertz CT molecular complexity index is 649. The molecule has 2 heterocycles. The molecule has 1 aliphatic heterocycles. The van der Waals surface area contributed by atoms with Crippen LogP contribution in [0.5, 0.6) is 0 Å². The molecule has 0 bridgehead atoms. The first-order chi connectivity index (χ1) is 9.63. The highest BCUT2D eigenvalue weighted by Gasteiger charge is 2.18. The second kappa shape index (κ2) is 5.26. The van der Waals surface area contributed by atoms with Crippen LogP contribution in [0.3, 0.4) is 0 Å². The molecule has 0 radical (unpaired) electrons. The Hall–Kier alpha value is -1.86. The normalized spacial score (nSPS) is 13.9. The Kier molecular flexibility index (Phi) is 3.45. The van der Waals surface area contributed by atoms with Gasteiger partial charge in [0, 0.05) is 12.5 Å². The lowest BCUT2D eigenvalue weighted by Gasteiger charge is -2.08. The number of carbonyl (C=O) groups excluding carboxylic acids is 1. The van der Waals surface area contributed by atoms with Crippen molar-refractivity contribution >= 4 is 22.4 Å². The van der Waals surface area contributed by atoms with Crippen molar-refractivity contribution in [1.82, 2.24) is 4.98 Å². The molecule has 0 fully saturated rings. The second-order valence-corrected chi connectivity index (χ2v) is 5.35. The molecule has 0 saturated heterocycles. The largest absolute Gasteiger partial charge is 0.375 e. The first kappa shape index (κ1) is 13.1. The van der Waals surface area contributed by atoms with Gasteiger partial charge in [0.05, 0.1) is 29.3 Å². The molecule has 7 heteroatoms. The van der Waals surface area contributed by atoms with E-state index >= 15 is 0 Å². The third-order valence-electron chi connectivity index (χ3n) is 2.89. The van der Waals surface area contributed by atoms with Crippen molar-refractivity contribution < 1.29 is 18.3 Å². The molecule has 1 N–H and O–H groups in total. The monoisotopic (exact) mass is 296 g/mol. The number of ether oxygens (including phenoxy) is 1. The van der Waals surface area contributed by atoms with E-state index in [1.54, 1.807) is 0 Å². The molecule has 0 atom stereocenters. The lowest BCUT2D eigenvalue weighted by molar-refractivity contribution is 0.102. The SMILES string of the molecule is O=C(Nc1nc2c(s1)COCC2)c1ccc(F)cc1F. The highest BCUT2D eigenvalue weighted by molar-refractivity contribution is 7.15. The number of halogens is 2. The fraction of sp³-hybridized carbons (Fsp3) is 0.231. The molecule has 20 heavy (non-hydrogen) atoms. The van der Waals surface area contributed by atoms with Crippen LogP contribution >= 0.6 is 11.3 Å². The third kappa shape index (κ3) is 2.54. The van der Waals surface area contributed by atoms with Crippen molar-refractivity contribution in [1.29, 1.82) is 0 Å². The summed E-state index contributed by atoms with van der Waals surface area (Å²) in [5.41, 5.74) is 0.687. The van der Waals surface area contributed by atoms with Crippen LogP contribution in [0, 0.1) is 11.6 Å². The van der Waals surface area contributed by atoms with Gasteiger partial charge < -0.3 is 4.74 Å². The number of rotatable bonds is 2. The molecule has 1 aromatic heterocycles. The molecule has 3 rings (SSSR count). The first-order valence-electron chi connectivity index (χ1n) is 5.96. The second-order valence-electron chi connectivity index (χ2n) is 4.27. The summed E-state index contributed by atoms with van der Waals surface area (Å²) in [6.45, 7) is 1.09. The number of thiazole rings is 1. The Labute approximate surface area is 117 Å². The van der Waals surface area contributed by atoms with E-state index in [2.05, 4.69) is 10.3 Å². The van der Waals surface area contributed by atoms with Crippen molar-refractivity contribution in [2.24, 2.45) is 0 Å². The summed E-state index contributed by atoms with van der Waals surface area (Å²) in [6.07, 6.45) is 0.701. The molecule has 0 saturated carbocycles. The van der Waals surface area contributed by atoms with E-state index in [0.717, 1.165) is 22.7 Å². The quantitative estimate of drug-likeness (QED) is 0.927. The summed E-state index contributed by atoms with van der Waals surface area (Å²) in [7, 11) is 0. The fourth-order valence-corrected chi connectivity index (χ4v) is 2.86. The van der Waals surface area contributed by atoms with E-state index in [-0.39, 0.29) is 5.56 Å². The molecular weight excluding hydrogens is 286 g/mol. The van der Waals surface area contributed by atoms with Gasteiger partial charge in [-0.05, 0) is 12.1 Å². The van der Waals surface area contributed by atoms with E-state index in [1.807, 2.05) is 0 Å². The van der Waals surface area contributed by atoms with Crippen molar-refractivity contribution in [3.05, 3.63) is 46.0 Å². The van der Waals surface area contributed by atoms with Gasteiger partial charge in [0.2, 0.25) is 0 Å². The number of nitrogens with one attached hydrogen (secondary N) is 1. The van der Waals surface area contributed by atoms with Crippen LogP contribution in [0.2, 0.25) is 0 Å². The number of carbonyl (C=O) groups is 1. The number of fused-ring (bicyclic) bond motifs is 1. The number of anilines is 1. The molecule has 104 valence electrons. The minimum Gasteiger partial charge on any atom is -0.375 e. The van der Waals surface area contributed by atoms with Crippen LogP contribution in [0.4, 0.5) is 13.9 Å². The highest BCUT2D eigenvalue weighted by atomic mass is 32.1. The molecule has 1 aliphatic rings. The molecule has 1 aromatic carbocycles. The average Bonchev–Trinajstić information content (AvgIpc) is 2.80. The maximum atomic E-state index is 13.5. The molecule has 0 spiro atoms. The fourth-order valence-electron chi connectivity index (χ4n) is 1.92. The summed E-state index contributed by atoms with van der Waals surface area (Å²) in [4.78, 5) is 17.2. The summed E-state index contributed by atoms with van der Waals surface area (Å²) in [6, 6.07) is 2.82. The predicted octanol–water partition coefficient (Wildman–Crippen LogP) is 2.75. The van der Waals surface area contributed by atoms with Crippen LogP contribution in [-0.4, -0.2) is 17.5 Å². The van der Waals surface area contributed by atoms with Crippen molar-refractivity contribution in [3.63, 3.8) is 0 Å². The maximum absolute atomic E-state index is 13.5. The average molecular weight is 296 g/mol. The van der Waals surface area contributed by atoms with E-state index in [4.69, 9.17) is 4.74 Å². The van der Waals surface area contributed by atoms with Gasteiger partial charge in [0.25, 0.3) is 5.91 Å². The maximum Gasteiger partial charge on any atom is 0.260 e. The molecule has 1 amide bonds. The van der Waals surface area contributed by atoms with Gasteiger partial charge in [0.1, 0.15) is 11.6 Å². The van der Waals surface area contributed by atoms with Crippen LogP contribution in [-0.2, 0) is 17.8 Å². The highest BCUT2D eigenvalue weighted by Crippen LogP contribution is 2.27.